The van der Waals surface area contributed by atoms with Crippen molar-refractivity contribution in [2.45, 2.75) is 5.38 Å². The minimum Gasteiger partial charge on any atom is -0.468 e. The van der Waals surface area contributed by atoms with Gasteiger partial charge in [-0.1, -0.05) is 23.2 Å². The molecule has 1 aromatic rings. The van der Waals surface area contributed by atoms with Gasteiger partial charge >= 0.3 is 5.97 Å². The zero-order chi connectivity index (χ0) is 10.7. The molecule has 0 saturated heterocycles. The number of ether oxygens (including phenoxy) is 1. The van der Waals surface area contributed by atoms with Crippen LogP contribution in [0.25, 0.3) is 0 Å². The van der Waals surface area contributed by atoms with Gasteiger partial charge in [0.15, 0.2) is 5.38 Å². The summed E-state index contributed by atoms with van der Waals surface area (Å²) in [4.78, 5) is 11.1. The van der Waals surface area contributed by atoms with Crippen molar-refractivity contribution in [3.05, 3.63) is 33.8 Å². The Hall–Kier alpha value is -0.440. The van der Waals surface area contributed by atoms with E-state index in [1.165, 1.54) is 7.11 Å². The summed E-state index contributed by atoms with van der Waals surface area (Å²) in [6.07, 6.45) is 0. The summed E-state index contributed by atoms with van der Waals surface area (Å²) in [5.41, 5.74) is 0.524. The van der Waals surface area contributed by atoms with Crippen LogP contribution in [0.2, 0.25) is 10.0 Å². The van der Waals surface area contributed by atoms with Crippen LogP contribution in [0.1, 0.15) is 10.9 Å². The lowest BCUT2D eigenvalue weighted by atomic mass is 10.1. The molecule has 76 valence electrons. The van der Waals surface area contributed by atoms with Gasteiger partial charge in [-0.3, -0.25) is 4.79 Å². The van der Waals surface area contributed by atoms with Crippen LogP contribution in [0.15, 0.2) is 18.2 Å². The Balaban J connectivity index is 3.00. The molecule has 0 radical (unpaired) electrons. The van der Waals surface area contributed by atoms with Gasteiger partial charge in [0.25, 0.3) is 0 Å². The van der Waals surface area contributed by atoms with Gasteiger partial charge in [0.1, 0.15) is 0 Å². The van der Waals surface area contributed by atoms with E-state index in [2.05, 4.69) is 4.74 Å². The highest BCUT2D eigenvalue weighted by atomic mass is 35.5. The molecule has 0 aliphatic carbocycles. The molecular formula is C9H7Cl3O2. The minimum absolute atomic E-state index is 0.432. The molecule has 0 aliphatic heterocycles. The maximum absolute atomic E-state index is 11.1. The van der Waals surface area contributed by atoms with Crippen molar-refractivity contribution in [1.82, 2.24) is 0 Å². The topological polar surface area (TPSA) is 26.3 Å². The molecule has 1 aromatic carbocycles. The maximum Gasteiger partial charge on any atom is 0.328 e. The highest BCUT2D eigenvalue weighted by Gasteiger charge is 2.18. The highest BCUT2D eigenvalue weighted by Crippen LogP contribution is 2.27. The van der Waals surface area contributed by atoms with Crippen molar-refractivity contribution < 1.29 is 9.53 Å². The number of methoxy groups -OCH3 is 1. The van der Waals surface area contributed by atoms with Gasteiger partial charge in [-0.2, -0.15) is 0 Å². The van der Waals surface area contributed by atoms with E-state index >= 15 is 0 Å². The maximum atomic E-state index is 11.1. The summed E-state index contributed by atoms with van der Waals surface area (Å²) in [5, 5.41) is -0.0136. The lowest BCUT2D eigenvalue weighted by Crippen LogP contribution is -2.08. The Bertz CT molecular complexity index is 332. The van der Waals surface area contributed by atoms with E-state index < -0.39 is 11.3 Å². The van der Waals surface area contributed by atoms with Crippen molar-refractivity contribution in [1.29, 1.82) is 0 Å². The highest BCUT2D eigenvalue weighted by molar-refractivity contribution is 6.35. The fraction of sp³-hybridized carbons (Fsp3) is 0.222. The van der Waals surface area contributed by atoms with Crippen LogP contribution < -0.4 is 0 Å². The second kappa shape index (κ2) is 4.87. The van der Waals surface area contributed by atoms with Crippen molar-refractivity contribution in [3.8, 4) is 0 Å². The van der Waals surface area contributed by atoms with Crippen molar-refractivity contribution in [2.24, 2.45) is 0 Å². The van der Waals surface area contributed by atoms with Gasteiger partial charge < -0.3 is 4.74 Å². The molecule has 0 amide bonds. The molecule has 0 saturated carbocycles. The third-order valence-corrected chi connectivity index (χ3v) is 2.45. The van der Waals surface area contributed by atoms with Gasteiger partial charge in [-0.05, 0) is 23.8 Å². The molecule has 2 nitrogen and oxygen atoms in total. The van der Waals surface area contributed by atoms with Crippen molar-refractivity contribution in [3.63, 3.8) is 0 Å². The third kappa shape index (κ3) is 2.77. The standard InChI is InChI=1S/C9H7Cl3O2/c1-14-9(13)8(12)5-2-6(10)4-7(11)3-5/h2-4,8H,1H3/t8-/m0/s1. The van der Waals surface area contributed by atoms with E-state index in [0.717, 1.165) is 0 Å². The van der Waals surface area contributed by atoms with E-state index in [9.17, 15) is 4.79 Å². The first-order valence-electron chi connectivity index (χ1n) is 3.72. The van der Waals surface area contributed by atoms with Crippen LogP contribution in [0, 0.1) is 0 Å². The first kappa shape index (κ1) is 11.6. The average Bonchev–Trinajstić information content (AvgIpc) is 2.14. The van der Waals surface area contributed by atoms with Crippen LogP contribution in [-0.4, -0.2) is 13.1 Å². The zero-order valence-electron chi connectivity index (χ0n) is 7.26. The summed E-state index contributed by atoms with van der Waals surface area (Å²) < 4.78 is 4.49. The lowest BCUT2D eigenvalue weighted by Gasteiger charge is -2.08. The summed E-state index contributed by atoms with van der Waals surface area (Å²) in [6.45, 7) is 0. The first-order chi connectivity index (χ1) is 6.54. The molecule has 0 unspecified atom stereocenters. The molecule has 1 rings (SSSR count). The largest absolute Gasteiger partial charge is 0.468 e. The number of carbonyl (C=O) groups is 1. The summed E-state index contributed by atoms with van der Waals surface area (Å²) in [5.74, 6) is -0.537. The van der Waals surface area contributed by atoms with Crippen molar-refractivity contribution >= 4 is 40.8 Å². The quantitative estimate of drug-likeness (QED) is 0.596. The Morgan fingerprint density at radius 1 is 1.29 bits per heavy atom. The Kier molecular flexibility index (Phi) is 4.05. The molecule has 0 fully saturated rings. The van der Waals surface area contributed by atoms with Gasteiger partial charge in [-0.25, -0.2) is 0 Å². The number of rotatable bonds is 2. The van der Waals surface area contributed by atoms with E-state index in [4.69, 9.17) is 34.8 Å². The van der Waals surface area contributed by atoms with Crippen molar-refractivity contribution in [2.75, 3.05) is 7.11 Å². The minimum atomic E-state index is -0.879. The predicted molar refractivity (Wildman–Crippen MR) is 57.1 cm³/mol. The Morgan fingerprint density at radius 2 is 1.79 bits per heavy atom. The number of halogens is 3. The van der Waals surface area contributed by atoms with Gasteiger partial charge in [0, 0.05) is 10.0 Å². The summed E-state index contributed by atoms with van der Waals surface area (Å²) in [6, 6.07) is 4.71. The van der Waals surface area contributed by atoms with Gasteiger partial charge in [0.2, 0.25) is 0 Å². The molecule has 14 heavy (non-hydrogen) atoms. The number of hydrogen-bond donors (Lipinski definition) is 0. The molecule has 0 spiro atoms. The monoisotopic (exact) mass is 252 g/mol. The number of hydrogen-bond acceptors (Lipinski definition) is 2. The average molecular weight is 254 g/mol. The molecule has 5 heteroatoms. The fourth-order valence-electron chi connectivity index (χ4n) is 0.961. The molecular weight excluding hydrogens is 246 g/mol. The number of benzene rings is 1. The zero-order valence-corrected chi connectivity index (χ0v) is 9.53. The van der Waals surface area contributed by atoms with E-state index in [-0.39, 0.29) is 0 Å². The Morgan fingerprint density at radius 3 is 2.21 bits per heavy atom. The number of alkyl halides is 1. The SMILES string of the molecule is COC(=O)[C@@H](Cl)c1cc(Cl)cc(Cl)c1. The second-order valence-electron chi connectivity index (χ2n) is 2.59. The number of carbonyl (C=O) groups excluding carboxylic acids is 1. The van der Waals surface area contributed by atoms with E-state index in [1.54, 1.807) is 18.2 Å². The van der Waals surface area contributed by atoms with Gasteiger partial charge in [-0.15, -0.1) is 11.6 Å². The number of esters is 1. The molecule has 0 N–H and O–H groups in total. The third-order valence-electron chi connectivity index (χ3n) is 1.59. The van der Waals surface area contributed by atoms with E-state index in [0.29, 0.717) is 15.6 Å². The lowest BCUT2D eigenvalue weighted by molar-refractivity contribution is -0.140. The second-order valence-corrected chi connectivity index (χ2v) is 3.90. The first-order valence-corrected chi connectivity index (χ1v) is 4.91. The molecule has 0 aliphatic rings. The fourth-order valence-corrected chi connectivity index (χ4v) is 1.72. The molecule has 0 bridgehead atoms. The molecule has 1 atom stereocenters. The van der Waals surface area contributed by atoms with E-state index in [1.807, 2.05) is 0 Å². The normalized spacial score (nSPS) is 12.3. The summed E-state index contributed by atoms with van der Waals surface area (Å²) in [7, 11) is 1.27. The van der Waals surface area contributed by atoms with Crippen LogP contribution in [0.4, 0.5) is 0 Å². The van der Waals surface area contributed by atoms with Crippen LogP contribution >= 0.6 is 34.8 Å². The van der Waals surface area contributed by atoms with Crippen LogP contribution in [0.5, 0.6) is 0 Å². The van der Waals surface area contributed by atoms with Crippen LogP contribution in [0.3, 0.4) is 0 Å². The smallest absolute Gasteiger partial charge is 0.328 e. The predicted octanol–water partition coefficient (Wildman–Crippen LogP) is 3.45. The van der Waals surface area contributed by atoms with Gasteiger partial charge in [0.05, 0.1) is 7.11 Å². The molecule has 0 aromatic heterocycles. The Labute approximate surface area is 96.7 Å². The summed E-state index contributed by atoms with van der Waals surface area (Å²) >= 11 is 17.3. The van der Waals surface area contributed by atoms with Crippen LogP contribution in [-0.2, 0) is 9.53 Å². The molecule has 0 heterocycles.